The summed E-state index contributed by atoms with van der Waals surface area (Å²) in [6.07, 6.45) is 1.54. The van der Waals surface area contributed by atoms with Gasteiger partial charge in [-0.3, -0.25) is 9.78 Å². The molecule has 0 spiro atoms. The molecule has 1 aromatic heterocycles. The van der Waals surface area contributed by atoms with Gasteiger partial charge < -0.3 is 10.6 Å². The van der Waals surface area contributed by atoms with Crippen molar-refractivity contribution in [3.63, 3.8) is 0 Å². The summed E-state index contributed by atoms with van der Waals surface area (Å²) in [4.78, 5) is 16.3. The van der Waals surface area contributed by atoms with Crippen LogP contribution >= 0.6 is 11.6 Å². The average molecular weight is 342 g/mol. The number of hydrogen-bond donors (Lipinski definition) is 2. The Balaban J connectivity index is 1.73. The van der Waals surface area contributed by atoms with E-state index in [1.165, 1.54) is 30.5 Å². The number of nitrogens with one attached hydrogen (secondary N) is 2. The van der Waals surface area contributed by atoms with Gasteiger partial charge in [-0.2, -0.15) is 0 Å². The summed E-state index contributed by atoms with van der Waals surface area (Å²) in [5.74, 6) is -0.735. The number of anilines is 3. The summed E-state index contributed by atoms with van der Waals surface area (Å²) in [5.41, 5.74) is 2.31. The van der Waals surface area contributed by atoms with Crippen molar-refractivity contribution in [1.29, 1.82) is 0 Å². The van der Waals surface area contributed by atoms with Crippen molar-refractivity contribution in [3.8, 4) is 0 Å². The minimum absolute atomic E-state index is 0.248. The highest BCUT2D eigenvalue weighted by atomic mass is 35.5. The molecule has 3 rings (SSSR count). The highest BCUT2D eigenvalue weighted by Crippen LogP contribution is 2.19. The largest absolute Gasteiger partial charge is 0.355 e. The summed E-state index contributed by atoms with van der Waals surface area (Å²) < 4.78 is 12.9. The number of hydrogen-bond acceptors (Lipinski definition) is 3. The quantitative estimate of drug-likeness (QED) is 0.711. The van der Waals surface area contributed by atoms with Crippen LogP contribution < -0.4 is 10.6 Å². The monoisotopic (exact) mass is 341 g/mol. The summed E-state index contributed by atoms with van der Waals surface area (Å²) in [6, 6.07) is 16.1. The first kappa shape index (κ1) is 16.0. The highest BCUT2D eigenvalue weighted by Gasteiger charge is 2.09. The van der Waals surface area contributed by atoms with Crippen LogP contribution in [-0.4, -0.2) is 10.9 Å². The predicted molar refractivity (Wildman–Crippen MR) is 93.3 cm³/mol. The van der Waals surface area contributed by atoms with Crippen molar-refractivity contribution < 1.29 is 9.18 Å². The maximum Gasteiger partial charge on any atom is 0.274 e. The molecule has 2 N–H and O–H groups in total. The van der Waals surface area contributed by atoms with E-state index in [1.54, 1.807) is 24.3 Å². The molecule has 0 saturated heterocycles. The lowest BCUT2D eigenvalue weighted by atomic mass is 10.2. The van der Waals surface area contributed by atoms with Crippen LogP contribution in [0.2, 0.25) is 5.02 Å². The molecule has 0 bridgehead atoms. The number of benzene rings is 2. The fraction of sp³-hybridized carbons (Fsp3) is 0. The molecule has 6 heteroatoms. The lowest BCUT2D eigenvalue weighted by Gasteiger charge is -2.09. The number of rotatable bonds is 4. The fourth-order valence-corrected chi connectivity index (χ4v) is 2.19. The van der Waals surface area contributed by atoms with Crippen LogP contribution in [0.5, 0.6) is 0 Å². The molecule has 0 aliphatic heterocycles. The molecule has 0 saturated carbocycles. The second-order valence-electron chi connectivity index (χ2n) is 5.02. The molecule has 1 amide bonds. The van der Waals surface area contributed by atoms with Crippen molar-refractivity contribution in [2.75, 3.05) is 10.6 Å². The molecule has 120 valence electrons. The standard InChI is InChI=1S/C18H13ClFN3O/c19-12-1-5-14(6-2-12)22-16-9-10-21-17(11-16)18(24)23-15-7-3-13(20)4-8-15/h1-11H,(H,21,22)(H,23,24). The molecule has 0 atom stereocenters. The number of carbonyl (C=O) groups is 1. The Morgan fingerprint density at radius 3 is 2.29 bits per heavy atom. The number of carbonyl (C=O) groups excluding carboxylic acids is 1. The molecule has 0 aliphatic rings. The zero-order valence-electron chi connectivity index (χ0n) is 12.5. The Bertz CT molecular complexity index is 851. The third kappa shape index (κ3) is 4.08. The maximum absolute atomic E-state index is 12.9. The van der Waals surface area contributed by atoms with Crippen LogP contribution in [0.1, 0.15) is 10.5 Å². The first-order valence-electron chi connectivity index (χ1n) is 7.16. The topological polar surface area (TPSA) is 54.0 Å². The van der Waals surface area contributed by atoms with Gasteiger partial charge in [-0.1, -0.05) is 11.6 Å². The number of pyridine rings is 1. The van der Waals surface area contributed by atoms with Gasteiger partial charge in [0.05, 0.1) is 0 Å². The average Bonchev–Trinajstić information content (AvgIpc) is 2.59. The summed E-state index contributed by atoms with van der Waals surface area (Å²) in [6.45, 7) is 0. The summed E-state index contributed by atoms with van der Waals surface area (Å²) in [5, 5.41) is 6.49. The maximum atomic E-state index is 12.9. The highest BCUT2D eigenvalue weighted by molar-refractivity contribution is 6.30. The lowest BCUT2D eigenvalue weighted by Crippen LogP contribution is -2.13. The van der Waals surface area contributed by atoms with E-state index in [9.17, 15) is 9.18 Å². The summed E-state index contributed by atoms with van der Waals surface area (Å²) >= 11 is 5.85. The number of nitrogens with zero attached hydrogens (tertiary/aromatic N) is 1. The molecule has 2 aromatic carbocycles. The van der Waals surface area contributed by atoms with Gasteiger partial charge in [0, 0.05) is 28.3 Å². The molecule has 0 aliphatic carbocycles. The minimum atomic E-state index is -0.374. The Morgan fingerprint density at radius 2 is 1.58 bits per heavy atom. The van der Waals surface area contributed by atoms with Gasteiger partial charge in [0.25, 0.3) is 5.91 Å². The van der Waals surface area contributed by atoms with Crippen molar-refractivity contribution in [2.45, 2.75) is 0 Å². The molecule has 24 heavy (non-hydrogen) atoms. The zero-order valence-corrected chi connectivity index (χ0v) is 13.2. The Kier molecular flexibility index (Phi) is 4.72. The van der Waals surface area contributed by atoms with Crippen LogP contribution in [0.3, 0.4) is 0 Å². The molecule has 4 nitrogen and oxygen atoms in total. The second-order valence-corrected chi connectivity index (χ2v) is 5.46. The number of amides is 1. The molecule has 0 radical (unpaired) electrons. The number of halogens is 2. The Labute approximate surface area is 143 Å². The van der Waals surface area contributed by atoms with Crippen molar-refractivity contribution in [2.24, 2.45) is 0 Å². The van der Waals surface area contributed by atoms with Crippen molar-refractivity contribution in [1.82, 2.24) is 4.98 Å². The van der Waals surface area contributed by atoms with E-state index < -0.39 is 0 Å². The molecular formula is C18H13ClFN3O. The second kappa shape index (κ2) is 7.10. The van der Waals surface area contributed by atoms with Crippen LogP contribution in [0.4, 0.5) is 21.5 Å². The first-order chi connectivity index (χ1) is 11.6. The van der Waals surface area contributed by atoms with Gasteiger partial charge in [0.15, 0.2) is 0 Å². The van der Waals surface area contributed by atoms with Crippen molar-refractivity contribution in [3.05, 3.63) is 83.4 Å². The molecule has 1 heterocycles. The Morgan fingerprint density at radius 1 is 0.917 bits per heavy atom. The van der Waals surface area contributed by atoms with E-state index in [2.05, 4.69) is 15.6 Å². The van der Waals surface area contributed by atoms with E-state index in [4.69, 9.17) is 11.6 Å². The van der Waals surface area contributed by atoms with E-state index in [1.807, 2.05) is 12.1 Å². The van der Waals surface area contributed by atoms with Gasteiger partial charge in [-0.15, -0.1) is 0 Å². The molecule has 0 unspecified atom stereocenters. The van der Waals surface area contributed by atoms with Crippen LogP contribution in [0.25, 0.3) is 0 Å². The van der Waals surface area contributed by atoms with Gasteiger partial charge >= 0.3 is 0 Å². The van der Waals surface area contributed by atoms with E-state index >= 15 is 0 Å². The van der Waals surface area contributed by atoms with Gasteiger partial charge in [0.2, 0.25) is 0 Å². The van der Waals surface area contributed by atoms with Crippen molar-refractivity contribution >= 4 is 34.6 Å². The fourth-order valence-electron chi connectivity index (χ4n) is 2.06. The van der Waals surface area contributed by atoms with E-state index in [0.29, 0.717) is 10.7 Å². The predicted octanol–water partition coefficient (Wildman–Crippen LogP) is 4.87. The van der Waals surface area contributed by atoms with Gasteiger partial charge in [-0.05, 0) is 60.7 Å². The Hall–Kier alpha value is -2.92. The van der Waals surface area contributed by atoms with Crippen LogP contribution in [0.15, 0.2) is 66.9 Å². The molecule has 0 fully saturated rings. The smallest absolute Gasteiger partial charge is 0.274 e. The first-order valence-corrected chi connectivity index (χ1v) is 7.53. The number of aromatic nitrogens is 1. The van der Waals surface area contributed by atoms with Gasteiger partial charge in [0.1, 0.15) is 11.5 Å². The zero-order chi connectivity index (χ0) is 16.9. The third-order valence-electron chi connectivity index (χ3n) is 3.23. The van der Waals surface area contributed by atoms with Crippen LogP contribution in [-0.2, 0) is 0 Å². The minimum Gasteiger partial charge on any atom is -0.355 e. The summed E-state index contributed by atoms with van der Waals surface area (Å²) in [7, 11) is 0. The van der Waals surface area contributed by atoms with E-state index in [-0.39, 0.29) is 17.4 Å². The lowest BCUT2D eigenvalue weighted by molar-refractivity contribution is 0.102. The van der Waals surface area contributed by atoms with Crippen LogP contribution in [0, 0.1) is 5.82 Å². The third-order valence-corrected chi connectivity index (χ3v) is 3.48. The van der Waals surface area contributed by atoms with Gasteiger partial charge in [-0.25, -0.2) is 4.39 Å². The van der Waals surface area contributed by atoms with E-state index in [0.717, 1.165) is 11.4 Å². The SMILES string of the molecule is O=C(Nc1ccc(F)cc1)c1cc(Nc2ccc(Cl)cc2)ccn1. The normalized spacial score (nSPS) is 10.2. The molecular weight excluding hydrogens is 329 g/mol. The molecule has 3 aromatic rings.